The van der Waals surface area contributed by atoms with Gasteiger partial charge in [-0.05, 0) is 18.6 Å². The van der Waals surface area contributed by atoms with Crippen LogP contribution in [0.1, 0.15) is 12.5 Å². The number of carbonyl (C=O) groups excluding carboxylic acids is 1. The minimum Gasteiger partial charge on any atom is -0.468 e. The third-order valence-electron chi connectivity index (χ3n) is 2.32. The highest BCUT2D eigenvalue weighted by Crippen LogP contribution is 2.21. The van der Waals surface area contributed by atoms with Crippen molar-refractivity contribution in [3.63, 3.8) is 0 Å². The van der Waals surface area contributed by atoms with Crippen molar-refractivity contribution in [1.29, 1.82) is 0 Å². The number of nitrogens with one attached hydrogen (secondary N) is 1. The number of benzene rings is 1. The lowest BCUT2D eigenvalue weighted by Gasteiger charge is -2.11. The van der Waals surface area contributed by atoms with Gasteiger partial charge in [0.05, 0.1) is 12.0 Å². The number of nitro benzene ring substituents is 1. The van der Waals surface area contributed by atoms with Crippen LogP contribution in [0.15, 0.2) is 22.7 Å². The number of non-ortho nitro benzene ring substituents is 1. The van der Waals surface area contributed by atoms with Gasteiger partial charge in [0.1, 0.15) is 6.04 Å². The van der Waals surface area contributed by atoms with Crippen LogP contribution >= 0.6 is 15.9 Å². The summed E-state index contributed by atoms with van der Waals surface area (Å²) in [5.74, 6) is -0.375. The highest BCUT2D eigenvalue weighted by atomic mass is 79.9. The van der Waals surface area contributed by atoms with Crippen LogP contribution in [0.4, 0.5) is 5.69 Å². The molecule has 1 atom stereocenters. The van der Waals surface area contributed by atoms with Crippen molar-refractivity contribution in [2.45, 2.75) is 19.5 Å². The second-order valence-corrected chi connectivity index (χ2v) is 4.62. The van der Waals surface area contributed by atoms with Crippen LogP contribution in [0, 0.1) is 10.1 Å². The van der Waals surface area contributed by atoms with Gasteiger partial charge in [0.2, 0.25) is 0 Å². The number of ether oxygens (including phenoxy) is 1. The molecule has 1 unspecified atom stereocenters. The first-order valence-corrected chi connectivity index (χ1v) is 5.98. The highest BCUT2D eigenvalue weighted by molar-refractivity contribution is 9.10. The predicted molar refractivity (Wildman–Crippen MR) is 69.1 cm³/mol. The van der Waals surface area contributed by atoms with Crippen LogP contribution in [0.2, 0.25) is 0 Å². The normalized spacial score (nSPS) is 11.9. The van der Waals surface area contributed by atoms with Crippen molar-refractivity contribution in [1.82, 2.24) is 5.32 Å². The first kappa shape index (κ1) is 14.6. The van der Waals surface area contributed by atoms with E-state index in [0.29, 0.717) is 16.6 Å². The zero-order chi connectivity index (χ0) is 13.7. The lowest BCUT2D eigenvalue weighted by molar-refractivity contribution is -0.385. The van der Waals surface area contributed by atoms with Crippen LogP contribution < -0.4 is 5.32 Å². The van der Waals surface area contributed by atoms with Crippen molar-refractivity contribution in [3.05, 3.63) is 38.3 Å². The average molecular weight is 317 g/mol. The molecule has 0 heterocycles. The molecule has 0 aliphatic heterocycles. The van der Waals surface area contributed by atoms with Crippen molar-refractivity contribution in [2.75, 3.05) is 7.11 Å². The Bertz CT molecular complexity index is 464. The van der Waals surface area contributed by atoms with Gasteiger partial charge in [0.25, 0.3) is 5.69 Å². The topological polar surface area (TPSA) is 81.5 Å². The monoisotopic (exact) mass is 316 g/mol. The Morgan fingerprint density at radius 1 is 1.56 bits per heavy atom. The summed E-state index contributed by atoms with van der Waals surface area (Å²) in [4.78, 5) is 21.4. The minimum atomic E-state index is -0.465. The summed E-state index contributed by atoms with van der Waals surface area (Å²) < 4.78 is 5.19. The van der Waals surface area contributed by atoms with Gasteiger partial charge in [-0.15, -0.1) is 0 Å². The molecule has 0 spiro atoms. The van der Waals surface area contributed by atoms with E-state index in [1.54, 1.807) is 13.0 Å². The molecule has 7 heteroatoms. The van der Waals surface area contributed by atoms with E-state index in [1.165, 1.54) is 19.2 Å². The smallest absolute Gasteiger partial charge is 0.322 e. The van der Waals surface area contributed by atoms with E-state index in [-0.39, 0.29) is 11.7 Å². The second kappa shape index (κ2) is 6.46. The van der Waals surface area contributed by atoms with Crippen molar-refractivity contribution in [2.24, 2.45) is 0 Å². The Morgan fingerprint density at radius 2 is 2.22 bits per heavy atom. The molecular formula is C11H13BrN2O4. The molecule has 1 rings (SSSR count). The average Bonchev–Trinajstić information content (AvgIpc) is 2.34. The predicted octanol–water partition coefficient (Wildman–Crippen LogP) is 2.01. The summed E-state index contributed by atoms with van der Waals surface area (Å²) in [6, 6.07) is 4.17. The number of halogens is 1. The molecule has 0 amide bonds. The van der Waals surface area contributed by atoms with Crippen LogP contribution in [-0.4, -0.2) is 24.0 Å². The lowest BCUT2D eigenvalue weighted by Crippen LogP contribution is -2.34. The molecule has 0 saturated carbocycles. The van der Waals surface area contributed by atoms with Crippen LogP contribution in [0.5, 0.6) is 0 Å². The molecule has 0 bridgehead atoms. The molecule has 0 aromatic heterocycles. The zero-order valence-corrected chi connectivity index (χ0v) is 11.6. The Hall–Kier alpha value is -1.47. The number of esters is 1. The number of hydrogen-bond acceptors (Lipinski definition) is 5. The molecule has 0 aliphatic rings. The van der Waals surface area contributed by atoms with Gasteiger partial charge in [-0.25, -0.2) is 0 Å². The van der Waals surface area contributed by atoms with Gasteiger partial charge in [-0.1, -0.05) is 15.9 Å². The summed E-state index contributed by atoms with van der Waals surface area (Å²) in [5.41, 5.74) is 0.721. The van der Waals surface area contributed by atoms with Gasteiger partial charge in [0.15, 0.2) is 0 Å². The summed E-state index contributed by atoms with van der Waals surface area (Å²) in [6.45, 7) is 2.01. The molecule has 1 aromatic carbocycles. The largest absolute Gasteiger partial charge is 0.468 e. The molecule has 18 heavy (non-hydrogen) atoms. The summed E-state index contributed by atoms with van der Waals surface area (Å²) in [5, 5.41) is 13.6. The van der Waals surface area contributed by atoms with E-state index < -0.39 is 11.0 Å². The van der Waals surface area contributed by atoms with Crippen LogP contribution in [-0.2, 0) is 16.1 Å². The van der Waals surface area contributed by atoms with Gasteiger partial charge in [-0.3, -0.25) is 14.9 Å². The summed E-state index contributed by atoms with van der Waals surface area (Å²) in [7, 11) is 1.31. The molecule has 1 N–H and O–H groups in total. The fourth-order valence-corrected chi connectivity index (χ4v) is 1.90. The Morgan fingerprint density at radius 3 is 2.78 bits per heavy atom. The maximum atomic E-state index is 11.2. The van der Waals surface area contributed by atoms with E-state index in [0.717, 1.165) is 0 Å². The van der Waals surface area contributed by atoms with Crippen molar-refractivity contribution >= 4 is 27.6 Å². The fraction of sp³-hybridized carbons (Fsp3) is 0.364. The van der Waals surface area contributed by atoms with E-state index in [1.807, 2.05) is 0 Å². The molecular weight excluding hydrogens is 304 g/mol. The van der Waals surface area contributed by atoms with Crippen LogP contribution in [0.3, 0.4) is 0 Å². The minimum absolute atomic E-state index is 0.00639. The number of rotatable bonds is 5. The van der Waals surface area contributed by atoms with Crippen molar-refractivity contribution in [3.8, 4) is 0 Å². The maximum Gasteiger partial charge on any atom is 0.322 e. The number of carbonyl (C=O) groups is 1. The SMILES string of the molecule is COC(=O)C(C)NCc1cc(Br)cc([N+](=O)[O-])c1. The third kappa shape index (κ3) is 4.08. The number of nitrogens with zero attached hydrogens (tertiary/aromatic N) is 1. The van der Waals surface area contributed by atoms with Gasteiger partial charge in [0, 0.05) is 23.2 Å². The van der Waals surface area contributed by atoms with E-state index in [2.05, 4.69) is 26.0 Å². The molecule has 0 aliphatic carbocycles. The summed E-state index contributed by atoms with van der Waals surface area (Å²) in [6.07, 6.45) is 0. The number of hydrogen-bond donors (Lipinski definition) is 1. The maximum absolute atomic E-state index is 11.2. The quantitative estimate of drug-likeness (QED) is 0.510. The van der Waals surface area contributed by atoms with Gasteiger partial charge in [-0.2, -0.15) is 0 Å². The molecule has 1 aromatic rings. The third-order valence-corrected chi connectivity index (χ3v) is 2.78. The van der Waals surface area contributed by atoms with Gasteiger partial charge < -0.3 is 10.1 Å². The van der Waals surface area contributed by atoms with Gasteiger partial charge >= 0.3 is 5.97 Å². The second-order valence-electron chi connectivity index (χ2n) is 3.70. The molecule has 0 saturated heterocycles. The van der Waals surface area contributed by atoms with E-state index in [9.17, 15) is 14.9 Å². The zero-order valence-electron chi connectivity index (χ0n) is 9.97. The van der Waals surface area contributed by atoms with Crippen molar-refractivity contribution < 1.29 is 14.5 Å². The van der Waals surface area contributed by atoms with E-state index >= 15 is 0 Å². The highest BCUT2D eigenvalue weighted by Gasteiger charge is 2.13. The first-order chi connectivity index (χ1) is 8.43. The summed E-state index contributed by atoms with van der Waals surface area (Å²) >= 11 is 3.21. The fourth-order valence-electron chi connectivity index (χ4n) is 1.37. The number of nitro groups is 1. The number of methoxy groups -OCH3 is 1. The van der Waals surface area contributed by atoms with Crippen LogP contribution in [0.25, 0.3) is 0 Å². The molecule has 6 nitrogen and oxygen atoms in total. The Labute approximate surface area is 113 Å². The lowest BCUT2D eigenvalue weighted by atomic mass is 10.2. The molecule has 98 valence electrons. The standard InChI is InChI=1S/C11H13BrN2O4/c1-7(11(15)18-2)13-6-8-3-9(12)5-10(4-8)14(16)17/h3-5,7,13H,6H2,1-2H3. The first-order valence-electron chi connectivity index (χ1n) is 5.19. The molecule has 0 radical (unpaired) electrons. The van der Waals surface area contributed by atoms with E-state index in [4.69, 9.17) is 0 Å². The molecule has 0 fully saturated rings. The Kier molecular flexibility index (Phi) is 5.24. The Balaban J connectivity index is 2.73.